The van der Waals surface area contributed by atoms with E-state index >= 15 is 0 Å². The molecule has 0 saturated carbocycles. The minimum atomic E-state index is -0.425. The predicted molar refractivity (Wildman–Crippen MR) is 120 cm³/mol. The molecule has 0 aromatic heterocycles. The van der Waals surface area contributed by atoms with Gasteiger partial charge in [0.05, 0.1) is 11.1 Å². The maximum Gasteiger partial charge on any atom is 0.262 e. The number of imide groups is 1. The van der Waals surface area contributed by atoms with Crippen LogP contribution in [0.5, 0.6) is 11.5 Å². The molecule has 3 heterocycles. The Morgan fingerprint density at radius 1 is 0.882 bits per heavy atom. The molecule has 0 atom stereocenters. The number of rotatable bonds is 6. The lowest BCUT2D eigenvalue weighted by atomic mass is 10.1. The van der Waals surface area contributed by atoms with E-state index in [1.165, 1.54) is 0 Å². The number of nitrogens with zero attached hydrogens (tertiary/aromatic N) is 3. The van der Waals surface area contributed by atoms with E-state index in [2.05, 4.69) is 10.2 Å². The summed E-state index contributed by atoms with van der Waals surface area (Å²) in [6.07, 6.45) is 0. The van der Waals surface area contributed by atoms with Crippen LogP contribution in [0.2, 0.25) is 0 Å². The van der Waals surface area contributed by atoms with Crippen LogP contribution >= 0.6 is 0 Å². The van der Waals surface area contributed by atoms with E-state index in [9.17, 15) is 19.2 Å². The molecule has 1 fully saturated rings. The van der Waals surface area contributed by atoms with Crippen LogP contribution in [0, 0.1) is 0 Å². The van der Waals surface area contributed by atoms with Crippen molar-refractivity contribution in [3.8, 4) is 11.5 Å². The number of ether oxygens (including phenoxy) is 2. The lowest BCUT2D eigenvalue weighted by Gasteiger charge is -2.35. The Kier molecular flexibility index (Phi) is 5.89. The molecule has 176 valence electrons. The van der Waals surface area contributed by atoms with Gasteiger partial charge in [-0.3, -0.25) is 29.0 Å². The number of carbonyl (C=O) groups is 4. The van der Waals surface area contributed by atoms with Crippen molar-refractivity contribution in [2.24, 2.45) is 0 Å². The van der Waals surface area contributed by atoms with Gasteiger partial charge in [-0.05, 0) is 30.3 Å². The van der Waals surface area contributed by atoms with Gasteiger partial charge in [-0.1, -0.05) is 12.1 Å². The van der Waals surface area contributed by atoms with Crippen molar-refractivity contribution in [1.82, 2.24) is 20.0 Å². The van der Waals surface area contributed by atoms with Crippen LogP contribution in [0.4, 0.5) is 0 Å². The van der Waals surface area contributed by atoms with E-state index in [1.807, 2.05) is 0 Å². The Morgan fingerprint density at radius 3 is 2.26 bits per heavy atom. The topological polar surface area (TPSA) is 108 Å². The first-order valence-electron chi connectivity index (χ1n) is 11.1. The summed E-state index contributed by atoms with van der Waals surface area (Å²) in [5.74, 6) is -0.0866. The summed E-state index contributed by atoms with van der Waals surface area (Å²) in [5.41, 5.74) is 1.19. The molecule has 0 aliphatic carbocycles. The third kappa shape index (κ3) is 4.19. The molecule has 5 rings (SSSR count). The first-order chi connectivity index (χ1) is 16.5. The van der Waals surface area contributed by atoms with Gasteiger partial charge in [0.2, 0.25) is 12.7 Å². The molecule has 0 radical (unpaired) electrons. The minimum Gasteiger partial charge on any atom is -0.454 e. The number of hydrogen-bond donors (Lipinski definition) is 1. The van der Waals surface area contributed by atoms with Crippen molar-refractivity contribution in [2.45, 2.75) is 0 Å². The highest BCUT2D eigenvalue weighted by Gasteiger charge is 2.37. The molecule has 1 saturated heterocycles. The fourth-order valence-corrected chi connectivity index (χ4v) is 4.31. The standard InChI is InChI=1S/C24H24N4O6/c29-21(14-28-23(31)17-3-1-2-4-18(17)24(28)32)27-11-9-26(10-12-27)8-7-25-22(30)16-5-6-19-20(13-16)34-15-33-19/h1-6,13H,7-12,14-15H2,(H,25,30). The fourth-order valence-electron chi connectivity index (χ4n) is 4.31. The van der Waals surface area contributed by atoms with E-state index in [0.29, 0.717) is 67.5 Å². The molecule has 0 spiro atoms. The summed E-state index contributed by atoms with van der Waals surface area (Å²) in [6.45, 7) is 3.32. The predicted octanol–water partition coefficient (Wildman–Crippen LogP) is 0.586. The molecule has 0 bridgehead atoms. The molecule has 2 aromatic rings. The zero-order valence-electron chi connectivity index (χ0n) is 18.5. The number of nitrogens with one attached hydrogen (secondary N) is 1. The lowest BCUT2D eigenvalue weighted by Crippen LogP contribution is -2.52. The summed E-state index contributed by atoms with van der Waals surface area (Å²) in [5, 5.41) is 2.90. The monoisotopic (exact) mass is 464 g/mol. The normalized spacial score (nSPS) is 17.2. The minimum absolute atomic E-state index is 0.160. The van der Waals surface area contributed by atoms with Gasteiger partial charge in [-0.15, -0.1) is 0 Å². The van der Waals surface area contributed by atoms with Gasteiger partial charge in [-0.25, -0.2) is 0 Å². The Hall–Kier alpha value is -3.92. The first kappa shape index (κ1) is 21.9. The number of amides is 4. The van der Waals surface area contributed by atoms with E-state index in [0.717, 1.165) is 4.90 Å². The number of hydrogen-bond acceptors (Lipinski definition) is 7. The molecule has 3 aliphatic rings. The average molecular weight is 464 g/mol. The Bertz CT molecular complexity index is 1120. The molecule has 2 aromatic carbocycles. The second-order valence-electron chi connectivity index (χ2n) is 8.29. The van der Waals surface area contributed by atoms with Crippen LogP contribution < -0.4 is 14.8 Å². The van der Waals surface area contributed by atoms with Crippen molar-refractivity contribution in [3.05, 3.63) is 59.2 Å². The molecule has 10 heteroatoms. The SMILES string of the molecule is O=C(NCCN1CCN(C(=O)CN2C(=O)c3ccccc3C2=O)CC1)c1ccc2c(c1)OCO2. The van der Waals surface area contributed by atoms with Crippen LogP contribution in [-0.2, 0) is 4.79 Å². The van der Waals surface area contributed by atoms with Gasteiger partial charge < -0.3 is 19.7 Å². The summed E-state index contributed by atoms with van der Waals surface area (Å²) in [6, 6.07) is 11.7. The Labute approximate surface area is 196 Å². The highest BCUT2D eigenvalue weighted by molar-refractivity contribution is 6.22. The first-order valence-corrected chi connectivity index (χ1v) is 11.1. The maximum atomic E-state index is 12.7. The van der Waals surface area contributed by atoms with Crippen molar-refractivity contribution in [3.63, 3.8) is 0 Å². The molecule has 0 unspecified atom stereocenters. The Balaban J connectivity index is 1.06. The van der Waals surface area contributed by atoms with E-state index < -0.39 is 11.8 Å². The van der Waals surface area contributed by atoms with Crippen LogP contribution in [0.3, 0.4) is 0 Å². The van der Waals surface area contributed by atoms with E-state index in [-0.39, 0.29) is 25.2 Å². The van der Waals surface area contributed by atoms with Gasteiger partial charge in [0.15, 0.2) is 11.5 Å². The highest BCUT2D eigenvalue weighted by Crippen LogP contribution is 2.32. The summed E-state index contributed by atoms with van der Waals surface area (Å²) in [7, 11) is 0. The quantitative estimate of drug-likeness (QED) is 0.623. The Morgan fingerprint density at radius 2 is 1.56 bits per heavy atom. The fraction of sp³-hybridized carbons (Fsp3) is 0.333. The molecular weight excluding hydrogens is 440 g/mol. The van der Waals surface area contributed by atoms with Crippen LogP contribution in [-0.4, -0.2) is 90.9 Å². The second-order valence-corrected chi connectivity index (χ2v) is 8.29. The molecule has 1 N–H and O–H groups in total. The highest BCUT2D eigenvalue weighted by atomic mass is 16.7. The van der Waals surface area contributed by atoms with Gasteiger partial charge in [0.1, 0.15) is 6.54 Å². The van der Waals surface area contributed by atoms with Crippen LogP contribution in [0.15, 0.2) is 42.5 Å². The molecule has 3 aliphatic heterocycles. The van der Waals surface area contributed by atoms with Gasteiger partial charge in [0, 0.05) is 44.8 Å². The number of carbonyl (C=O) groups excluding carboxylic acids is 4. The van der Waals surface area contributed by atoms with Gasteiger partial charge in [0.25, 0.3) is 17.7 Å². The zero-order valence-corrected chi connectivity index (χ0v) is 18.5. The van der Waals surface area contributed by atoms with Crippen molar-refractivity contribution in [2.75, 3.05) is 52.6 Å². The van der Waals surface area contributed by atoms with Gasteiger partial charge in [-0.2, -0.15) is 0 Å². The molecular formula is C24H24N4O6. The zero-order chi connectivity index (χ0) is 23.7. The van der Waals surface area contributed by atoms with Crippen molar-refractivity contribution >= 4 is 23.6 Å². The average Bonchev–Trinajstić information content (AvgIpc) is 3.43. The number of piperazine rings is 1. The van der Waals surface area contributed by atoms with E-state index in [1.54, 1.807) is 47.4 Å². The summed E-state index contributed by atoms with van der Waals surface area (Å²) < 4.78 is 10.6. The van der Waals surface area contributed by atoms with Crippen molar-refractivity contribution < 1.29 is 28.7 Å². The maximum absolute atomic E-state index is 12.7. The van der Waals surface area contributed by atoms with Crippen molar-refractivity contribution in [1.29, 1.82) is 0 Å². The van der Waals surface area contributed by atoms with E-state index in [4.69, 9.17) is 9.47 Å². The van der Waals surface area contributed by atoms with Crippen LogP contribution in [0.25, 0.3) is 0 Å². The van der Waals surface area contributed by atoms with Gasteiger partial charge >= 0.3 is 0 Å². The molecule has 10 nitrogen and oxygen atoms in total. The lowest BCUT2D eigenvalue weighted by molar-refractivity contribution is -0.133. The molecule has 34 heavy (non-hydrogen) atoms. The largest absolute Gasteiger partial charge is 0.454 e. The third-order valence-corrected chi connectivity index (χ3v) is 6.24. The summed E-state index contributed by atoms with van der Waals surface area (Å²) in [4.78, 5) is 54.9. The second kappa shape index (κ2) is 9.14. The number of benzene rings is 2. The molecule has 4 amide bonds. The number of fused-ring (bicyclic) bond motifs is 2. The summed E-state index contributed by atoms with van der Waals surface area (Å²) >= 11 is 0. The third-order valence-electron chi connectivity index (χ3n) is 6.24. The van der Waals surface area contributed by atoms with Crippen LogP contribution in [0.1, 0.15) is 31.1 Å². The smallest absolute Gasteiger partial charge is 0.262 e.